The first-order valence-corrected chi connectivity index (χ1v) is 7.22. The average Bonchev–Trinajstić information content (AvgIpc) is 2.88. The molecule has 0 aliphatic heterocycles. The Bertz CT molecular complexity index is 578. The molecule has 0 unspecified atom stereocenters. The summed E-state index contributed by atoms with van der Waals surface area (Å²) in [6.07, 6.45) is 0. The number of rotatable bonds is 7. The van der Waals surface area contributed by atoms with Crippen LogP contribution in [0.3, 0.4) is 0 Å². The summed E-state index contributed by atoms with van der Waals surface area (Å²) in [6, 6.07) is 8.89. The van der Waals surface area contributed by atoms with Gasteiger partial charge in [0.25, 0.3) is 0 Å². The quantitative estimate of drug-likeness (QED) is 0.835. The molecule has 1 N–H and O–H groups in total. The summed E-state index contributed by atoms with van der Waals surface area (Å²) in [5, 5.41) is 3.31. The van der Waals surface area contributed by atoms with E-state index in [1.54, 1.807) is 25.1 Å². The molecule has 0 aliphatic rings. The summed E-state index contributed by atoms with van der Waals surface area (Å²) in [6.45, 7) is 7.89. The Balaban J connectivity index is 1.86. The average molecular weight is 291 g/mol. The van der Waals surface area contributed by atoms with Crippen molar-refractivity contribution in [1.82, 2.24) is 5.32 Å². The molecule has 0 saturated heterocycles. The molecule has 1 heterocycles. The van der Waals surface area contributed by atoms with Crippen molar-refractivity contribution in [2.45, 2.75) is 33.9 Å². The highest BCUT2D eigenvalue weighted by atomic mass is 19.1. The van der Waals surface area contributed by atoms with E-state index in [0.29, 0.717) is 23.8 Å². The molecule has 0 radical (unpaired) electrons. The van der Waals surface area contributed by atoms with E-state index in [2.05, 4.69) is 19.2 Å². The lowest BCUT2D eigenvalue weighted by Gasteiger charge is -2.07. The van der Waals surface area contributed by atoms with Gasteiger partial charge >= 0.3 is 0 Å². The van der Waals surface area contributed by atoms with Crippen LogP contribution in [0.2, 0.25) is 0 Å². The minimum atomic E-state index is -0.317. The van der Waals surface area contributed by atoms with Gasteiger partial charge in [0.1, 0.15) is 18.1 Å². The molecule has 0 saturated carbocycles. The van der Waals surface area contributed by atoms with Gasteiger partial charge in [-0.25, -0.2) is 4.39 Å². The molecule has 1 aromatic carbocycles. The molecule has 0 fully saturated rings. The molecular formula is C17H22FNO2. The zero-order chi connectivity index (χ0) is 15.2. The minimum Gasteiger partial charge on any atom is -0.483 e. The molecule has 4 heteroatoms. The predicted molar refractivity (Wildman–Crippen MR) is 80.7 cm³/mol. The van der Waals surface area contributed by atoms with Gasteiger partial charge in [-0.15, -0.1) is 0 Å². The van der Waals surface area contributed by atoms with Crippen LogP contribution in [-0.2, 0) is 13.2 Å². The lowest BCUT2D eigenvalue weighted by molar-refractivity contribution is 0.253. The second-order valence-corrected chi connectivity index (χ2v) is 5.57. The van der Waals surface area contributed by atoms with Crippen molar-refractivity contribution in [3.05, 3.63) is 53.2 Å². The smallest absolute Gasteiger partial charge is 0.167 e. The van der Waals surface area contributed by atoms with Crippen LogP contribution in [0.15, 0.2) is 34.7 Å². The first-order valence-electron chi connectivity index (χ1n) is 7.22. The summed E-state index contributed by atoms with van der Waals surface area (Å²) in [4.78, 5) is 0. The Labute approximate surface area is 125 Å². The topological polar surface area (TPSA) is 34.4 Å². The van der Waals surface area contributed by atoms with Crippen LogP contribution >= 0.6 is 0 Å². The molecule has 0 aliphatic carbocycles. The summed E-state index contributed by atoms with van der Waals surface area (Å²) in [5.74, 6) is 2.09. The number of hydrogen-bond acceptors (Lipinski definition) is 3. The van der Waals surface area contributed by atoms with Gasteiger partial charge in [-0.3, -0.25) is 0 Å². The van der Waals surface area contributed by atoms with Gasteiger partial charge in [-0.2, -0.15) is 0 Å². The number of hydrogen-bond donors (Lipinski definition) is 1. The zero-order valence-electron chi connectivity index (χ0n) is 12.8. The van der Waals surface area contributed by atoms with E-state index in [0.717, 1.165) is 12.3 Å². The van der Waals surface area contributed by atoms with Gasteiger partial charge in [0.2, 0.25) is 0 Å². The van der Waals surface area contributed by atoms with Gasteiger partial charge in [0.15, 0.2) is 11.6 Å². The number of ether oxygens (including phenoxy) is 1. The number of aryl methyl sites for hydroxylation is 1. The lowest BCUT2D eigenvalue weighted by atomic mass is 10.2. The zero-order valence-corrected chi connectivity index (χ0v) is 12.8. The monoisotopic (exact) mass is 291 g/mol. The summed E-state index contributed by atoms with van der Waals surface area (Å²) in [5.41, 5.74) is 0.575. The van der Waals surface area contributed by atoms with Crippen LogP contribution < -0.4 is 10.1 Å². The van der Waals surface area contributed by atoms with Crippen LogP contribution in [0.4, 0.5) is 4.39 Å². The first kappa shape index (κ1) is 15.6. The fourth-order valence-corrected chi connectivity index (χ4v) is 1.96. The van der Waals surface area contributed by atoms with E-state index in [9.17, 15) is 4.39 Å². The van der Waals surface area contributed by atoms with E-state index in [-0.39, 0.29) is 18.2 Å². The Kier molecular flexibility index (Phi) is 5.39. The molecule has 0 bridgehead atoms. The summed E-state index contributed by atoms with van der Waals surface area (Å²) < 4.78 is 24.9. The third kappa shape index (κ3) is 4.60. The van der Waals surface area contributed by atoms with Crippen LogP contribution in [0.25, 0.3) is 0 Å². The van der Waals surface area contributed by atoms with Gasteiger partial charge in [-0.05, 0) is 43.1 Å². The van der Waals surface area contributed by atoms with E-state index in [1.165, 1.54) is 0 Å². The molecule has 21 heavy (non-hydrogen) atoms. The van der Waals surface area contributed by atoms with Gasteiger partial charge in [-0.1, -0.05) is 26.0 Å². The molecule has 0 amide bonds. The number of nitrogens with one attached hydrogen (secondary N) is 1. The standard InChI is InChI=1S/C17H22FNO2/c1-12(2)9-19-10-14-7-8-15(21-14)11-20-16-6-4-5-13(3)17(16)18/h4-8,12,19H,9-11H2,1-3H3. The molecular weight excluding hydrogens is 269 g/mol. The van der Waals surface area contributed by atoms with Crippen molar-refractivity contribution in [2.75, 3.05) is 6.54 Å². The molecule has 3 nitrogen and oxygen atoms in total. The third-order valence-electron chi connectivity index (χ3n) is 3.10. The molecule has 1 aromatic heterocycles. The SMILES string of the molecule is Cc1cccc(OCc2ccc(CNCC(C)C)o2)c1F. The fraction of sp³-hybridized carbons (Fsp3) is 0.412. The Morgan fingerprint density at radius 3 is 2.71 bits per heavy atom. The number of halogens is 1. The number of benzene rings is 1. The fourth-order valence-electron chi connectivity index (χ4n) is 1.96. The van der Waals surface area contributed by atoms with Crippen LogP contribution in [0.1, 0.15) is 30.9 Å². The molecule has 2 rings (SSSR count). The highest BCUT2D eigenvalue weighted by Gasteiger charge is 2.08. The second kappa shape index (κ2) is 7.27. The van der Waals surface area contributed by atoms with Crippen molar-refractivity contribution < 1.29 is 13.5 Å². The van der Waals surface area contributed by atoms with Crippen molar-refractivity contribution >= 4 is 0 Å². The number of furan rings is 1. The van der Waals surface area contributed by atoms with Crippen molar-refractivity contribution in [2.24, 2.45) is 5.92 Å². The molecule has 0 spiro atoms. The van der Waals surface area contributed by atoms with Gasteiger partial charge < -0.3 is 14.5 Å². The Morgan fingerprint density at radius 2 is 1.95 bits per heavy atom. The van der Waals surface area contributed by atoms with Crippen molar-refractivity contribution in [3.63, 3.8) is 0 Å². The molecule has 114 valence electrons. The minimum absolute atomic E-state index is 0.227. The highest BCUT2D eigenvalue weighted by molar-refractivity contribution is 5.30. The summed E-state index contributed by atoms with van der Waals surface area (Å²) >= 11 is 0. The van der Waals surface area contributed by atoms with Crippen LogP contribution in [-0.4, -0.2) is 6.54 Å². The van der Waals surface area contributed by atoms with E-state index >= 15 is 0 Å². The van der Waals surface area contributed by atoms with Gasteiger partial charge in [0.05, 0.1) is 6.54 Å². The maximum absolute atomic E-state index is 13.8. The van der Waals surface area contributed by atoms with Crippen molar-refractivity contribution in [3.8, 4) is 5.75 Å². The van der Waals surface area contributed by atoms with Crippen molar-refractivity contribution in [1.29, 1.82) is 0 Å². The highest BCUT2D eigenvalue weighted by Crippen LogP contribution is 2.21. The maximum atomic E-state index is 13.8. The van der Waals surface area contributed by atoms with E-state index in [4.69, 9.17) is 9.15 Å². The Hall–Kier alpha value is -1.81. The Morgan fingerprint density at radius 1 is 1.19 bits per heavy atom. The maximum Gasteiger partial charge on any atom is 0.167 e. The second-order valence-electron chi connectivity index (χ2n) is 5.57. The summed E-state index contributed by atoms with van der Waals surface area (Å²) in [7, 11) is 0. The first-order chi connectivity index (χ1) is 10.1. The van der Waals surface area contributed by atoms with Gasteiger partial charge in [0, 0.05) is 0 Å². The predicted octanol–water partition coefficient (Wildman–Crippen LogP) is 4.05. The largest absolute Gasteiger partial charge is 0.483 e. The van der Waals surface area contributed by atoms with E-state index in [1.807, 2.05) is 12.1 Å². The third-order valence-corrected chi connectivity index (χ3v) is 3.10. The molecule has 0 atom stereocenters. The lowest BCUT2D eigenvalue weighted by Crippen LogP contribution is -2.18. The normalized spacial score (nSPS) is 11.1. The van der Waals surface area contributed by atoms with E-state index < -0.39 is 0 Å². The van der Waals surface area contributed by atoms with Crippen LogP contribution in [0, 0.1) is 18.7 Å². The molecule has 2 aromatic rings. The van der Waals surface area contributed by atoms with Crippen LogP contribution in [0.5, 0.6) is 5.75 Å².